The summed E-state index contributed by atoms with van der Waals surface area (Å²) in [5.41, 5.74) is 3.44. The molecule has 0 saturated carbocycles. The molecule has 0 aliphatic carbocycles. The van der Waals surface area contributed by atoms with Crippen molar-refractivity contribution in [3.63, 3.8) is 0 Å². The maximum atomic E-state index is 4.68. The highest BCUT2D eigenvalue weighted by molar-refractivity contribution is 5.58. The zero-order valence-electron chi connectivity index (χ0n) is 12.6. The highest BCUT2D eigenvalue weighted by Gasteiger charge is 2.06. The van der Waals surface area contributed by atoms with Crippen LogP contribution >= 0.6 is 0 Å². The monoisotopic (exact) mass is 269 g/mol. The highest BCUT2D eigenvalue weighted by Crippen LogP contribution is 2.19. The van der Waals surface area contributed by atoms with E-state index in [9.17, 15) is 0 Å². The average molecular weight is 269 g/mol. The standard InChI is InChI=1S/C17H23N3/c1-4-6-15-12-16(18-11-5-2)20-17(19-15)14-9-7-13(3)8-10-14/h7-10,12H,4-6,11H2,1-3H3,(H,18,19,20). The van der Waals surface area contributed by atoms with Crippen LogP contribution in [0.1, 0.15) is 37.9 Å². The maximum absolute atomic E-state index is 4.68. The Balaban J connectivity index is 2.34. The summed E-state index contributed by atoms with van der Waals surface area (Å²) in [4.78, 5) is 9.31. The van der Waals surface area contributed by atoms with Gasteiger partial charge in [-0.25, -0.2) is 9.97 Å². The molecule has 106 valence electrons. The van der Waals surface area contributed by atoms with Crippen LogP contribution in [0.4, 0.5) is 5.82 Å². The van der Waals surface area contributed by atoms with Crippen LogP contribution in [0, 0.1) is 6.92 Å². The summed E-state index contributed by atoms with van der Waals surface area (Å²) < 4.78 is 0. The largest absolute Gasteiger partial charge is 0.370 e. The molecule has 2 rings (SSSR count). The normalized spacial score (nSPS) is 10.6. The predicted octanol–water partition coefficient (Wildman–Crippen LogP) is 4.23. The van der Waals surface area contributed by atoms with Gasteiger partial charge in [0.25, 0.3) is 0 Å². The van der Waals surface area contributed by atoms with Gasteiger partial charge in [-0.2, -0.15) is 0 Å². The molecule has 0 spiro atoms. The number of aryl methyl sites for hydroxylation is 2. The molecule has 3 nitrogen and oxygen atoms in total. The van der Waals surface area contributed by atoms with Gasteiger partial charge >= 0.3 is 0 Å². The summed E-state index contributed by atoms with van der Waals surface area (Å²) in [6.45, 7) is 7.36. The molecule has 0 fully saturated rings. The Morgan fingerprint density at radius 1 is 1.00 bits per heavy atom. The molecule has 1 aromatic heterocycles. The van der Waals surface area contributed by atoms with Gasteiger partial charge in [0.1, 0.15) is 5.82 Å². The quantitative estimate of drug-likeness (QED) is 0.853. The molecule has 0 unspecified atom stereocenters. The Labute approximate surface area is 121 Å². The minimum atomic E-state index is 0.814. The maximum Gasteiger partial charge on any atom is 0.161 e. The third-order valence-electron chi connectivity index (χ3n) is 3.15. The Kier molecular flexibility index (Phi) is 5.10. The van der Waals surface area contributed by atoms with Crippen molar-refractivity contribution in [2.75, 3.05) is 11.9 Å². The molecule has 2 aromatic rings. The van der Waals surface area contributed by atoms with Gasteiger partial charge in [-0.15, -0.1) is 0 Å². The second-order valence-electron chi connectivity index (χ2n) is 5.11. The fourth-order valence-corrected chi connectivity index (χ4v) is 2.06. The van der Waals surface area contributed by atoms with Gasteiger partial charge in [0.05, 0.1) is 0 Å². The fourth-order valence-electron chi connectivity index (χ4n) is 2.06. The van der Waals surface area contributed by atoms with E-state index in [-0.39, 0.29) is 0 Å². The summed E-state index contributed by atoms with van der Waals surface area (Å²) in [6, 6.07) is 10.4. The van der Waals surface area contributed by atoms with E-state index in [1.54, 1.807) is 0 Å². The minimum Gasteiger partial charge on any atom is -0.370 e. The smallest absolute Gasteiger partial charge is 0.161 e. The van der Waals surface area contributed by atoms with Crippen molar-refractivity contribution < 1.29 is 0 Å². The summed E-state index contributed by atoms with van der Waals surface area (Å²) in [5, 5.41) is 3.36. The van der Waals surface area contributed by atoms with Crippen molar-refractivity contribution in [3.8, 4) is 11.4 Å². The fraction of sp³-hybridized carbons (Fsp3) is 0.412. The van der Waals surface area contributed by atoms with E-state index in [2.05, 4.69) is 66.4 Å². The number of aromatic nitrogens is 2. The van der Waals surface area contributed by atoms with Crippen LogP contribution in [0.2, 0.25) is 0 Å². The molecule has 0 atom stereocenters. The zero-order valence-corrected chi connectivity index (χ0v) is 12.6. The lowest BCUT2D eigenvalue weighted by atomic mass is 10.1. The lowest BCUT2D eigenvalue weighted by Crippen LogP contribution is -2.05. The molecule has 1 heterocycles. The molecular formula is C17H23N3. The van der Waals surface area contributed by atoms with Gasteiger partial charge in [-0.05, 0) is 19.8 Å². The number of hydrogen-bond donors (Lipinski definition) is 1. The SMILES string of the molecule is CCCNc1cc(CCC)nc(-c2ccc(C)cc2)n1. The summed E-state index contributed by atoms with van der Waals surface area (Å²) in [7, 11) is 0. The van der Waals surface area contributed by atoms with Gasteiger partial charge in [-0.1, -0.05) is 50.1 Å². The molecule has 0 radical (unpaired) electrons. The number of benzene rings is 1. The van der Waals surface area contributed by atoms with E-state index in [1.165, 1.54) is 5.56 Å². The van der Waals surface area contributed by atoms with Crippen molar-refractivity contribution in [1.29, 1.82) is 0 Å². The van der Waals surface area contributed by atoms with E-state index < -0.39 is 0 Å². The molecule has 20 heavy (non-hydrogen) atoms. The first-order valence-electron chi connectivity index (χ1n) is 7.41. The number of anilines is 1. The van der Waals surface area contributed by atoms with Crippen LogP contribution in [-0.2, 0) is 6.42 Å². The average Bonchev–Trinajstić information content (AvgIpc) is 2.46. The number of nitrogens with one attached hydrogen (secondary N) is 1. The molecule has 0 aliphatic rings. The van der Waals surface area contributed by atoms with Crippen molar-refractivity contribution in [2.45, 2.75) is 40.0 Å². The van der Waals surface area contributed by atoms with Crippen molar-refractivity contribution >= 4 is 5.82 Å². The summed E-state index contributed by atoms with van der Waals surface area (Å²) in [6.07, 6.45) is 3.17. The molecule has 0 saturated heterocycles. The van der Waals surface area contributed by atoms with Crippen LogP contribution < -0.4 is 5.32 Å². The number of nitrogens with zero attached hydrogens (tertiary/aromatic N) is 2. The van der Waals surface area contributed by atoms with Crippen LogP contribution in [0.3, 0.4) is 0 Å². The second-order valence-corrected chi connectivity index (χ2v) is 5.11. The third-order valence-corrected chi connectivity index (χ3v) is 3.15. The molecule has 0 aliphatic heterocycles. The lowest BCUT2D eigenvalue weighted by Gasteiger charge is -2.09. The van der Waals surface area contributed by atoms with Crippen LogP contribution in [0.15, 0.2) is 30.3 Å². The van der Waals surface area contributed by atoms with Gasteiger partial charge < -0.3 is 5.32 Å². The summed E-state index contributed by atoms with van der Waals surface area (Å²) >= 11 is 0. The Morgan fingerprint density at radius 3 is 2.40 bits per heavy atom. The first-order chi connectivity index (χ1) is 9.72. The van der Waals surface area contributed by atoms with E-state index in [0.29, 0.717) is 0 Å². The lowest BCUT2D eigenvalue weighted by molar-refractivity contribution is 0.872. The van der Waals surface area contributed by atoms with Gasteiger partial charge in [0, 0.05) is 23.9 Å². The molecule has 0 amide bonds. The van der Waals surface area contributed by atoms with Crippen LogP contribution in [-0.4, -0.2) is 16.5 Å². The summed E-state index contributed by atoms with van der Waals surface area (Å²) in [5.74, 6) is 1.75. The molecule has 1 aromatic carbocycles. The molecular weight excluding hydrogens is 246 g/mol. The van der Waals surface area contributed by atoms with Crippen molar-refractivity contribution in [2.24, 2.45) is 0 Å². The Hall–Kier alpha value is -1.90. The Bertz CT molecular complexity index is 547. The van der Waals surface area contributed by atoms with E-state index >= 15 is 0 Å². The van der Waals surface area contributed by atoms with E-state index in [0.717, 1.165) is 48.7 Å². The number of rotatable bonds is 6. The molecule has 3 heteroatoms. The highest BCUT2D eigenvalue weighted by atomic mass is 15.0. The number of hydrogen-bond acceptors (Lipinski definition) is 3. The van der Waals surface area contributed by atoms with Crippen LogP contribution in [0.25, 0.3) is 11.4 Å². The van der Waals surface area contributed by atoms with Gasteiger partial charge in [0.15, 0.2) is 5.82 Å². The van der Waals surface area contributed by atoms with E-state index in [4.69, 9.17) is 0 Å². The zero-order chi connectivity index (χ0) is 14.4. The van der Waals surface area contributed by atoms with Crippen molar-refractivity contribution in [1.82, 2.24) is 9.97 Å². The Morgan fingerprint density at radius 2 is 1.75 bits per heavy atom. The van der Waals surface area contributed by atoms with Gasteiger partial charge in [0.2, 0.25) is 0 Å². The van der Waals surface area contributed by atoms with Crippen molar-refractivity contribution in [3.05, 3.63) is 41.6 Å². The topological polar surface area (TPSA) is 37.8 Å². The second kappa shape index (κ2) is 7.04. The molecule has 1 N–H and O–H groups in total. The first-order valence-corrected chi connectivity index (χ1v) is 7.41. The first kappa shape index (κ1) is 14.5. The van der Waals surface area contributed by atoms with Gasteiger partial charge in [-0.3, -0.25) is 0 Å². The minimum absolute atomic E-state index is 0.814. The van der Waals surface area contributed by atoms with Crippen LogP contribution in [0.5, 0.6) is 0 Å². The predicted molar refractivity (Wildman–Crippen MR) is 85.0 cm³/mol. The van der Waals surface area contributed by atoms with E-state index in [1.807, 2.05) is 0 Å². The third kappa shape index (κ3) is 3.80. The molecule has 0 bridgehead atoms.